The van der Waals surface area contributed by atoms with E-state index < -0.39 is 0 Å². The molecule has 4 nitrogen and oxygen atoms in total. The van der Waals surface area contributed by atoms with Crippen LogP contribution in [0.2, 0.25) is 0 Å². The molecule has 0 unspecified atom stereocenters. The summed E-state index contributed by atoms with van der Waals surface area (Å²) in [6.45, 7) is 10.8. The van der Waals surface area contributed by atoms with Crippen molar-refractivity contribution in [3.8, 4) is 5.75 Å². The van der Waals surface area contributed by atoms with E-state index in [1.807, 2.05) is 24.3 Å². The molecule has 0 aliphatic rings. The van der Waals surface area contributed by atoms with Crippen LogP contribution in [0.15, 0.2) is 61.2 Å². The normalized spacial score (nSPS) is 11.4. The predicted octanol–water partition coefficient (Wildman–Crippen LogP) is 5.54. The molecule has 0 aliphatic carbocycles. The number of carbonyl (C=O) groups excluding carboxylic acids is 2. The van der Waals surface area contributed by atoms with E-state index in [1.54, 1.807) is 50.5 Å². The summed E-state index contributed by atoms with van der Waals surface area (Å²) in [4.78, 5) is 26.2. The fourth-order valence-corrected chi connectivity index (χ4v) is 2.84. The van der Waals surface area contributed by atoms with E-state index in [0.29, 0.717) is 17.7 Å². The molecule has 4 heteroatoms. The molecule has 0 aliphatic heterocycles. The number of hydrogen-bond donors (Lipinski definition) is 0. The summed E-state index contributed by atoms with van der Waals surface area (Å²) in [5, 5.41) is 0. The van der Waals surface area contributed by atoms with Crippen LogP contribution in [0, 0.1) is 0 Å². The van der Waals surface area contributed by atoms with Gasteiger partial charge in [0.15, 0.2) is 5.78 Å². The van der Waals surface area contributed by atoms with Crippen LogP contribution in [0.3, 0.4) is 0 Å². The van der Waals surface area contributed by atoms with Gasteiger partial charge in [-0.15, -0.1) is 6.58 Å². The first-order chi connectivity index (χ1) is 14.2. The third-order valence-corrected chi connectivity index (χ3v) is 4.96. The minimum absolute atomic E-state index is 0.0936. The molecule has 1 amide bonds. The van der Waals surface area contributed by atoms with Crippen LogP contribution in [0.4, 0.5) is 0 Å². The van der Waals surface area contributed by atoms with Gasteiger partial charge in [-0.2, -0.15) is 0 Å². The van der Waals surface area contributed by atoms with Gasteiger partial charge in [-0.3, -0.25) is 9.59 Å². The van der Waals surface area contributed by atoms with E-state index in [4.69, 9.17) is 4.74 Å². The summed E-state index contributed by atoms with van der Waals surface area (Å²) in [7, 11) is 3.40. The summed E-state index contributed by atoms with van der Waals surface area (Å²) >= 11 is 0. The maximum atomic E-state index is 12.7. The standard InChI is InChI=1S/C26H31NO3/c1-7-17-30-24-16-14-22(26(3,4)8-2)18-21(24)13-15-23(28)19-9-11-20(12-10-19)25(29)27(5)6/h8-16,18H,2,7,17H2,1,3-6H3/b15-13+. The number of allylic oxidation sites excluding steroid dienone is 2. The van der Waals surface area contributed by atoms with Crippen molar-refractivity contribution < 1.29 is 14.3 Å². The van der Waals surface area contributed by atoms with Gasteiger partial charge < -0.3 is 9.64 Å². The average Bonchev–Trinajstić information content (AvgIpc) is 2.75. The van der Waals surface area contributed by atoms with Crippen molar-refractivity contribution in [3.05, 3.63) is 83.4 Å². The second-order valence-electron chi connectivity index (χ2n) is 8.00. The largest absolute Gasteiger partial charge is 0.493 e. The van der Waals surface area contributed by atoms with Crippen LogP contribution in [0.25, 0.3) is 6.08 Å². The van der Waals surface area contributed by atoms with Gasteiger partial charge in [-0.1, -0.05) is 45.0 Å². The number of hydrogen-bond acceptors (Lipinski definition) is 3. The van der Waals surface area contributed by atoms with Gasteiger partial charge in [0, 0.05) is 36.2 Å². The molecule has 158 valence electrons. The topological polar surface area (TPSA) is 46.6 Å². The zero-order valence-electron chi connectivity index (χ0n) is 18.6. The Kier molecular flexibility index (Phi) is 7.76. The highest BCUT2D eigenvalue weighted by Gasteiger charge is 2.17. The number of carbonyl (C=O) groups is 2. The summed E-state index contributed by atoms with van der Waals surface area (Å²) in [6.07, 6.45) is 6.14. The molecular weight excluding hydrogens is 374 g/mol. The van der Waals surface area contributed by atoms with Crippen molar-refractivity contribution in [1.82, 2.24) is 4.90 Å². The highest BCUT2D eigenvalue weighted by Crippen LogP contribution is 2.30. The molecule has 2 rings (SSSR count). The zero-order valence-corrected chi connectivity index (χ0v) is 18.6. The van der Waals surface area contributed by atoms with E-state index in [-0.39, 0.29) is 17.1 Å². The molecule has 2 aromatic rings. The lowest BCUT2D eigenvalue weighted by molar-refractivity contribution is 0.0827. The van der Waals surface area contributed by atoms with E-state index in [1.165, 1.54) is 4.90 Å². The fraction of sp³-hybridized carbons (Fsp3) is 0.308. The number of amides is 1. The van der Waals surface area contributed by atoms with Crippen molar-refractivity contribution in [3.63, 3.8) is 0 Å². The first kappa shape index (κ1) is 23.1. The first-order valence-electron chi connectivity index (χ1n) is 10.1. The lowest BCUT2D eigenvalue weighted by Gasteiger charge is -2.22. The maximum absolute atomic E-state index is 12.7. The van der Waals surface area contributed by atoms with Crippen molar-refractivity contribution in [2.45, 2.75) is 32.6 Å². The smallest absolute Gasteiger partial charge is 0.253 e. The Morgan fingerprint density at radius 3 is 2.27 bits per heavy atom. The second kappa shape index (κ2) is 10.1. The van der Waals surface area contributed by atoms with E-state index in [9.17, 15) is 9.59 Å². The number of nitrogens with zero attached hydrogens (tertiary/aromatic N) is 1. The molecule has 30 heavy (non-hydrogen) atoms. The molecule has 0 radical (unpaired) electrons. The van der Waals surface area contributed by atoms with Gasteiger partial charge in [-0.25, -0.2) is 0 Å². The molecular formula is C26H31NO3. The Morgan fingerprint density at radius 2 is 1.70 bits per heavy atom. The molecule has 0 saturated heterocycles. The van der Waals surface area contributed by atoms with E-state index >= 15 is 0 Å². The molecule has 0 spiro atoms. The Hall–Kier alpha value is -3.14. The Bertz CT molecular complexity index is 937. The summed E-state index contributed by atoms with van der Waals surface area (Å²) < 4.78 is 5.86. The van der Waals surface area contributed by atoms with Crippen LogP contribution in [0.1, 0.15) is 59.0 Å². The zero-order chi connectivity index (χ0) is 22.3. The molecule has 0 atom stereocenters. The second-order valence-corrected chi connectivity index (χ2v) is 8.00. The molecule has 0 N–H and O–H groups in total. The van der Waals surface area contributed by atoms with Gasteiger partial charge in [0.05, 0.1) is 6.61 Å². The Morgan fingerprint density at radius 1 is 1.07 bits per heavy atom. The molecule has 0 saturated carbocycles. The molecule has 0 fully saturated rings. The average molecular weight is 406 g/mol. The third-order valence-electron chi connectivity index (χ3n) is 4.96. The first-order valence-corrected chi connectivity index (χ1v) is 10.1. The highest BCUT2D eigenvalue weighted by atomic mass is 16.5. The molecule has 0 heterocycles. The Labute approximate surface area is 179 Å². The maximum Gasteiger partial charge on any atom is 0.253 e. The summed E-state index contributed by atoms with van der Waals surface area (Å²) in [5.41, 5.74) is 2.84. The number of ketones is 1. The quantitative estimate of drug-likeness (QED) is 0.313. The molecule has 0 aromatic heterocycles. The van der Waals surface area contributed by atoms with Gasteiger partial charge in [0.2, 0.25) is 0 Å². The van der Waals surface area contributed by atoms with Gasteiger partial charge in [0.25, 0.3) is 5.91 Å². The van der Waals surface area contributed by atoms with Crippen LogP contribution >= 0.6 is 0 Å². The van der Waals surface area contributed by atoms with Crippen molar-refractivity contribution >= 4 is 17.8 Å². The van der Waals surface area contributed by atoms with Gasteiger partial charge >= 0.3 is 0 Å². The van der Waals surface area contributed by atoms with Crippen LogP contribution in [-0.2, 0) is 5.41 Å². The van der Waals surface area contributed by atoms with Crippen molar-refractivity contribution in [2.75, 3.05) is 20.7 Å². The van der Waals surface area contributed by atoms with Crippen molar-refractivity contribution in [1.29, 1.82) is 0 Å². The SMILES string of the molecule is C=CC(C)(C)c1ccc(OCCC)c(/C=C/C(=O)c2ccc(C(=O)N(C)C)cc2)c1. The minimum Gasteiger partial charge on any atom is -0.493 e. The minimum atomic E-state index is -0.190. The monoisotopic (exact) mass is 405 g/mol. The number of benzene rings is 2. The highest BCUT2D eigenvalue weighted by molar-refractivity contribution is 6.07. The predicted molar refractivity (Wildman–Crippen MR) is 123 cm³/mol. The lowest BCUT2D eigenvalue weighted by atomic mass is 9.84. The van der Waals surface area contributed by atoms with Crippen LogP contribution in [-0.4, -0.2) is 37.3 Å². The number of ether oxygens (including phenoxy) is 1. The van der Waals surface area contributed by atoms with Crippen LogP contribution in [0.5, 0.6) is 5.75 Å². The Balaban J connectivity index is 2.30. The van der Waals surface area contributed by atoms with Gasteiger partial charge in [-0.05, 0) is 48.4 Å². The van der Waals surface area contributed by atoms with E-state index in [0.717, 1.165) is 23.3 Å². The number of rotatable bonds is 9. The van der Waals surface area contributed by atoms with Crippen LogP contribution < -0.4 is 4.74 Å². The molecule has 2 aromatic carbocycles. The molecule has 0 bridgehead atoms. The lowest BCUT2D eigenvalue weighted by Crippen LogP contribution is -2.21. The van der Waals surface area contributed by atoms with Gasteiger partial charge in [0.1, 0.15) is 5.75 Å². The van der Waals surface area contributed by atoms with E-state index in [2.05, 4.69) is 27.4 Å². The summed E-state index contributed by atoms with van der Waals surface area (Å²) in [6, 6.07) is 12.7. The van der Waals surface area contributed by atoms with Crippen molar-refractivity contribution in [2.24, 2.45) is 0 Å². The fourth-order valence-electron chi connectivity index (χ4n) is 2.84. The summed E-state index contributed by atoms with van der Waals surface area (Å²) in [5.74, 6) is 0.522. The third kappa shape index (κ3) is 5.69.